The molecular formula is C10H5ClF3N3O. The third-order valence-corrected chi connectivity index (χ3v) is 2.39. The lowest BCUT2D eigenvalue weighted by molar-refractivity contribution is -0.137. The lowest BCUT2D eigenvalue weighted by Gasteiger charge is -2.09. The molecule has 2 aromatic heterocycles. The zero-order valence-corrected chi connectivity index (χ0v) is 9.37. The second kappa shape index (κ2) is 4.41. The lowest BCUT2D eigenvalue weighted by atomic mass is 10.1. The standard InChI is InChI=1S/C10H5ClF3N3O/c11-9-6(10(12,13)14)3-5(4-15-9)7-1-2-8(18)17-16-7/h1-4H,(H,17,18). The second-order valence-corrected chi connectivity index (χ2v) is 3.69. The van der Waals surface area contributed by atoms with Gasteiger partial charge in [0.25, 0.3) is 0 Å². The molecule has 94 valence electrons. The van der Waals surface area contributed by atoms with E-state index in [9.17, 15) is 13.2 Å². The molecule has 0 atom stereocenters. The van der Waals surface area contributed by atoms with E-state index in [0.717, 1.165) is 12.3 Å². The third-order valence-electron chi connectivity index (χ3n) is 2.09. The summed E-state index contributed by atoms with van der Waals surface area (Å²) in [6.45, 7) is 0. The molecule has 0 saturated carbocycles. The summed E-state index contributed by atoms with van der Waals surface area (Å²) in [6, 6.07) is 3.37. The van der Waals surface area contributed by atoms with E-state index in [-0.39, 0.29) is 17.1 Å². The van der Waals surface area contributed by atoms with Gasteiger partial charge in [-0.1, -0.05) is 11.6 Å². The molecule has 1 N–H and O–H groups in total. The van der Waals surface area contributed by atoms with Crippen molar-refractivity contribution in [3.63, 3.8) is 0 Å². The van der Waals surface area contributed by atoms with E-state index >= 15 is 0 Å². The predicted octanol–water partition coefficient (Wildman–Crippen LogP) is 2.92. The summed E-state index contributed by atoms with van der Waals surface area (Å²) in [5, 5.41) is 15.2. The quantitative estimate of drug-likeness (QED) is 0.813. The van der Waals surface area contributed by atoms with E-state index in [2.05, 4.69) is 15.2 Å². The van der Waals surface area contributed by atoms with Gasteiger partial charge in [0.05, 0.1) is 11.3 Å². The maximum absolute atomic E-state index is 12.6. The van der Waals surface area contributed by atoms with Crippen LogP contribution in [0.2, 0.25) is 5.15 Å². The van der Waals surface area contributed by atoms with Crippen LogP contribution < -0.4 is 0 Å². The van der Waals surface area contributed by atoms with Crippen molar-refractivity contribution in [3.05, 3.63) is 35.1 Å². The molecule has 0 aliphatic carbocycles. The minimum Gasteiger partial charge on any atom is -0.492 e. The Morgan fingerprint density at radius 1 is 1.17 bits per heavy atom. The van der Waals surface area contributed by atoms with Crippen molar-refractivity contribution >= 4 is 11.6 Å². The fraction of sp³-hybridized carbons (Fsp3) is 0.100. The summed E-state index contributed by atoms with van der Waals surface area (Å²) in [4.78, 5) is 3.46. The van der Waals surface area contributed by atoms with Crippen LogP contribution in [0.4, 0.5) is 13.2 Å². The molecule has 0 saturated heterocycles. The molecule has 0 bridgehead atoms. The smallest absolute Gasteiger partial charge is 0.419 e. The number of aromatic hydroxyl groups is 1. The highest BCUT2D eigenvalue weighted by atomic mass is 35.5. The number of pyridine rings is 1. The molecular weight excluding hydrogens is 271 g/mol. The molecule has 18 heavy (non-hydrogen) atoms. The van der Waals surface area contributed by atoms with Crippen molar-refractivity contribution in [2.45, 2.75) is 6.18 Å². The molecule has 0 radical (unpaired) electrons. The normalized spacial score (nSPS) is 11.6. The van der Waals surface area contributed by atoms with Crippen molar-refractivity contribution < 1.29 is 18.3 Å². The van der Waals surface area contributed by atoms with Crippen LogP contribution in [0.25, 0.3) is 11.3 Å². The number of alkyl halides is 3. The summed E-state index contributed by atoms with van der Waals surface area (Å²) >= 11 is 5.39. The molecule has 0 spiro atoms. The number of aromatic nitrogens is 3. The second-order valence-electron chi connectivity index (χ2n) is 3.34. The Bertz CT molecular complexity index is 572. The van der Waals surface area contributed by atoms with E-state index in [0.29, 0.717) is 0 Å². The monoisotopic (exact) mass is 275 g/mol. The fourth-order valence-corrected chi connectivity index (χ4v) is 1.48. The van der Waals surface area contributed by atoms with Crippen molar-refractivity contribution in [1.29, 1.82) is 0 Å². The van der Waals surface area contributed by atoms with E-state index in [1.807, 2.05) is 0 Å². The van der Waals surface area contributed by atoms with Crippen LogP contribution in [0.15, 0.2) is 24.4 Å². The van der Waals surface area contributed by atoms with Crippen molar-refractivity contribution in [2.75, 3.05) is 0 Å². The zero-order valence-electron chi connectivity index (χ0n) is 8.61. The zero-order chi connectivity index (χ0) is 13.3. The summed E-state index contributed by atoms with van der Waals surface area (Å²) in [6.07, 6.45) is -3.44. The third kappa shape index (κ3) is 2.51. The molecule has 2 rings (SSSR count). The summed E-state index contributed by atoms with van der Waals surface area (Å²) in [7, 11) is 0. The van der Waals surface area contributed by atoms with Crippen LogP contribution in [-0.4, -0.2) is 20.3 Å². The Morgan fingerprint density at radius 2 is 1.89 bits per heavy atom. The van der Waals surface area contributed by atoms with Gasteiger partial charge in [-0.15, -0.1) is 10.2 Å². The average Bonchev–Trinajstić information content (AvgIpc) is 2.29. The summed E-state index contributed by atoms with van der Waals surface area (Å²) in [5.74, 6) is -0.322. The van der Waals surface area contributed by atoms with Crippen molar-refractivity contribution in [3.8, 4) is 17.1 Å². The molecule has 0 unspecified atom stereocenters. The Kier molecular flexibility index (Phi) is 3.08. The number of halogens is 4. The first-order chi connectivity index (χ1) is 8.38. The van der Waals surface area contributed by atoms with Crippen molar-refractivity contribution in [2.24, 2.45) is 0 Å². The first-order valence-corrected chi connectivity index (χ1v) is 5.01. The molecule has 0 aliphatic heterocycles. The van der Waals surface area contributed by atoms with Gasteiger partial charge in [0.1, 0.15) is 5.15 Å². The Morgan fingerprint density at radius 3 is 2.44 bits per heavy atom. The summed E-state index contributed by atoms with van der Waals surface area (Å²) < 4.78 is 37.8. The molecule has 0 fully saturated rings. The molecule has 0 amide bonds. The minimum absolute atomic E-state index is 0.110. The van der Waals surface area contributed by atoms with Gasteiger partial charge in [-0.2, -0.15) is 13.2 Å². The van der Waals surface area contributed by atoms with Crippen LogP contribution in [0.5, 0.6) is 5.88 Å². The summed E-state index contributed by atoms with van der Waals surface area (Å²) in [5.41, 5.74) is -0.779. The van der Waals surface area contributed by atoms with Crippen LogP contribution in [-0.2, 0) is 6.18 Å². The van der Waals surface area contributed by atoms with Gasteiger partial charge in [-0.05, 0) is 12.1 Å². The van der Waals surface area contributed by atoms with Crippen LogP contribution >= 0.6 is 11.6 Å². The molecule has 2 aromatic rings. The van der Waals surface area contributed by atoms with Gasteiger partial charge in [-0.3, -0.25) is 0 Å². The van der Waals surface area contributed by atoms with Crippen LogP contribution in [0.3, 0.4) is 0 Å². The first kappa shape index (κ1) is 12.6. The van der Waals surface area contributed by atoms with Gasteiger partial charge >= 0.3 is 6.18 Å². The van der Waals surface area contributed by atoms with Crippen molar-refractivity contribution in [1.82, 2.24) is 15.2 Å². The van der Waals surface area contributed by atoms with Crippen LogP contribution in [0, 0.1) is 0 Å². The molecule has 0 aromatic carbocycles. The predicted molar refractivity (Wildman–Crippen MR) is 56.9 cm³/mol. The SMILES string of the molecule is Oc1ccc(-c2cnc(Cl)c(C(F)(F)F)c2)nn1. The van der Waals surface area contributed by atoms with Gasteiger partial charge < -0.3 is 5.11 Å². The molecule has 8 heteroatoms. The fourth-order valence-electron chi connectivity index (χ4n) is 1.27. The average molecular weight is 276 g/mol. The van der Waals surface area contributed by atoms with E-state index < -0.39 is 16.9 Å². The van der Waals surface area contributed by atoms with Crippen LogP contribution in [0.1, 0.15) is 5.56 Å². The van der Waals surface area contributed by atoms with Gasteiger partial charge in [-0.25, -0.2) is 4.98 Å². The highest BCUT2D eigenvalue weighted by molar-refractivity contribution is 6.30. The Labute approximate surface area is 104 Å². The molecule has 2 heterocycles. The highest BCUT2D eigenvalue weighted by Gasteiger charge is 2.34. The van der Waals surface area contributed by atoms with Gasteiger partial charge in [0, 0.05) is 17.8 Å². The Balaban J connectivity index is 2.50. The van der Waals surface area contributed by atoms with E-state index in [4.69, 9.17) is 16.7 Å². The molecule has 4 nitrogen and oxygen atoms in total. The number of nitrogens with zero attached hydrogens (tertiary/aromatic N) is 3. The topological polar surface area (TPSA) is 58.9 Å². The lowest BCUT2D eigenvalue weighted by Crippen LogP contribution is -2.07. The highest BCUT2D eigenvalue weighted by Crippen LogP contribution is 2.35. The molecule has 0 aliphatic rings. The van der Waals surface area contributed by atoms with Gasteiger partial charge in [0.15, 0.2) is 0 Å². The van der Waals surface area contributed by atoms with E-state index in [1.54, 1.807) is 0 Å². The largest absolute Gasteiger partial charge is 0.492 e. The van der Waals surface area contributed by atoms with Gasteiger partial charge in [0.2, 0.25) is 5.88 Å². The maximum atomic E-state index is 12.6. The number of rotatable bonds is 1. The number of hydrogen-bond acceptors (Lipinski definition) is 4. The maximum Gasteiger partial charge on any atom is 0.419 e. The first-order valence-electron chi connectivity index (χ1n) is 4.64. The van der Waals surface area contributed by atoms with E-state index in [1.165, 1.54) is 12.1 Å². The minimum atomic E-state index is -4.59. The number of hydrogen-bond donors (Lipinski definition) is 1. The Hall–Kier alpha value is -1.89.